The molecule has 0 aliphatic carbocycles. The van der Waals surface area contributed by atoms with Gasteiger partial charge < -0.3 is 0 Å². The topological polar surface area (TPSA) is 25.8 Å². The van der Waals surface area contributed by atoms with E-state index in [-0.39, 0.29) is 0 Å². The van der Waals surface area contributed by atoms with Crippen LogP contribution in [0.15, 0.2) is 183 Å². The second-order valence-corrected chi connectivity index (χ2v) is 15.0. The van der Waals surface area contributed by atoms with Gasteiger partial charge in [-0.2, -0.15) is 0 Å². The molecular formula is C55H36N2. The Morgan fingerprint density at radius 1 is 0.456 bits per heavy atom. The normalized spacial score (nSPS) is 12.1. The zero-order valence-corrected chi connectivity index (χ0v) is 31.5. The molecule has 0 bridgehead atoms. The maximum absolute atomic E-state index is 5.19. The number of rotatable bonds is 5. The van der Waals surface area contributed by atoms with E-state index in [9.17, 15) is 0 Å². The predicted octanol–water partition coefficient (Wildman–Crippen LogP) is 15.1. The summed E-state index contributed by atoms with van der Waals surface area (Å²) in [5, 5.41) is 14.4. The highest BCUT2D eigenvalue weighted by Gasteiger charge is 2.19. The van der Waals surface area contributed by atoms with Crippen LogP contribution in [0.25, 0.3) is 116 Å². The van der Waals surface area contributed by atoms with Crippen molar-refractivity contribution in [1.82, 2.24) is 9.97 Å². The Labute approximate surface area is 330 Å². The molecular weight excluding hydrogens is 689 g/mol. The number of nitrogens with zero attached hydrogens (tertiary/aromatic N) is 2. The van der Waals surface area contributed by atoms with Crippen molar-refractivity contribution in [3.05, 3.63) is 199 Å². The Hall–Kier alpha value is -7.42. The van der Waals surface area contributed by atoms with E-state index in [1.165, 1.54) is 81.7 Å². The lowest BCUT2D eigenvalue weighted by molar-refractivity contribution is 1.37. The molecule has 0 saturated heterocycles. The van der Waals surface area contributed by atoms with Crippen LogP contribution in [0.1, 0.15) is 23.6 Å². The van der Waals surface area contributed by atoms with Crippen LogP contribution in [0, 0.1) is 0 Å². The fourth-order valence-electron chi connectivity index (χ4n) is 9.16. The minimum atomic E-state index is 0.920. The molecule has 0 radical (unpaired) electrons. The van der Waals surface area contributed by atoms with Crippen LogP contribution in [0.2, 0.25) is 0 Å². The predicted molar refractivity (Wildman–Crippen MR) is 246 cm³/mol. The zero-order valence-electron chi connectivity index (χ0n) is 31.5. The molecule has 2 heteroatoms. The number of hydrogen-bond donors (Lipinski definition) is 0. The number of pyridine rings is 2. The average molecular weight is 725 g/mol. The highest BCUT2D eigenvalue weighted by Crippen LogP contribution is 2.44. The van der Waals surface area contributed by atoms with Gasteiger partial charge in [-0.05, 0) is 118 Å². The largest absolute Gasteiger partial charge is 0.254 e. The van der Waals surface area contributed by atoms with Crippen LogP contribution in [0.5, 0.6) is 0 Å². The number of benzene rings is 9. The van der Waals surface area contributed by atoms with Crippen molar-refractivity contribution in [2.45, 2.75) is 6.92 Å². The van der Waals surface area contributed by atoms with E-state index in [2.05, 4.69) is 183 Å². The van der Waals surface area contributed by atoms with E-state index in [1.807, 2.05) is 18.3 Å². The van der Waals surface area contributed by atoms with Crippen molar-refractivity contribution in [3.8, 4) is 22.4 Å². The Kier molecular flexibility index (Phi) is 7.58. The number of allylic oxidation sites excluding steroid dienone is 1. The molecule has 0 amide bonds. The van der Waals surface area contributed by atoms with Gasteiger partial charge in [-0.1, -0.05) is 164 Å². The molecule has 0 fully saturated rings. The summed E-state index contributed by atoms with van der Waals surface area (Å²) in [6.45, 7) is 6.66. The van der Waals surface area contributed by atoms with Gasteiger partial charge in [0, 0.05) is 22.5 Å². The van der Waals surface area contributed by atoms with Crippen LogP contribution in [0.4, 0.5) is 0 Å². The lowest BCUT2D eigenvalue weighted by Gasteiger charge is -2.19. The summed E-state index contributed by atoms with van der Waals surface area (Å²) < 4.78 is 0. The second-order valence-electron chi connectivity index (χ2n) is 15.0. The van der Waals surface area contributed by atoms with Crippen LogP contribution in [-0.2, 0) is 0 Å². The molecule has 0 aliphatic heterocycles. The highest BCUT2D eigenvalue weighted by atomic mass is 14.7. The summed E-state index contributed by atoms with van der Waals surface area (Å²) in [4.78, 5) is 9.88. The first-order valence-electron chi connectivity index (χ1n) is 19.5. The minimum absolute atomic E-state index is 0.920. The Balaban J connectivity index is 1.12. The summed E-state index contributed by atoms with van der Waals surface area (Å²) in [5.41, 5.74) is 11.1. The van der Waals surface area contributed by atoms with Crippen molar-refractivity contribution in [1.29, 1.82) is 0 Å². The summed E-state index contributed by atoms with van der Waals surface area (Å²) in [6.07, 6.45) is 6.26. The molecule has 11 aromatic rings. The molecule has 11 rings (SSSR count). The van der Waals surface area contributed by atoms with Gasteiger partial charge in [0.05, 0.1) is 16.7 Å². The third kappa shape index (κ3) is 5.26. The van der Waals surface area contributed by atoms with Gasteiger partial charge in [0.25, 0.3) is 0 Å². The Morgan fingerprint density at radius 2 is 1.04 bits per heavy atom. The quantitative estimate of drug-likeness (QED) is 0.100. The van der Waals surface area contributed by atoms with Gasteiger partial charge >= 0.3 is 0 Å². The van der Waals surface area contributed by atoms with E-state index in [0.29, 0.717) is 0 Å². The smallest absolute Gasteiger partial charge is 0.0972 e. The van der Waals surface area contributed by atoms with Gasteiger partial charge in [-0.25, -0.2) is 4.98 Å². The molecule has 9 aromatic carbocycles. The summed E-state index contributed by atoms with van der Waals surface area (Å²) in [5.74, 6) is 0. The standard InChI is InChI=1S/C55H36N2/c1-3-41-44-28-26-39(51-29-27-37-24-23-36-15-12-30-56-54(36)55(37)57-51)33-50(44)43-17-7-6-16-42(43)49(41)31-34(2)52-45-18-8-10-20-47(45)53(48-21-11-9-19-46(48)52)40-25-22-35-13-4-5-14-38(35)32-40/h3-33H,1H2,2H3/b34-31+. The molecule has 0 atom stereocenters. The molecule has 2 heterocycles. The van der Waals surface area contributed by atoms with E-state index < -0.39 is 0 Å². The van der Waals surface area contributed by atoms with Crippen LogP contribution >= 0.6 is 0 Å². The van der Waals surface area contributed by atoms with Crippen LogP contribution < -0.4 is 0 Å². The first kappa shape index (κ1) is 33.0. The summed E-state index contributed by atoms with van der Waals surface area (Å²) in [7, 11) is 0. The highest BCUT2D eigenvalue weighted by molar-refractivity contribution is 6.22. The third-order valence-electron chi connectivity index (χ3n) is 11.8. The zero-order chi connectivity index (χ0) is 38.0. The van der Waals surface area contributed by atoms with E-state index in [1.54, 1.807) is 0 Å². The van der Waals surface area contributed by atoms with Gasteiger partial charge in [0.15, 0.2) is 0 Å². The minimum Gasteiger partial charge on any atom is -0.254 e. The van der Waals surface area contributed by atoms with Crippen molar-refractivity contribution in [2.24, 2.45) is 0 Å². The van der Waals surface area contributed by atoms with Gasteiger partial charge in [-0.3, -0.25) is 4.98 Å². The second kappa shape index (κ2) is 13.1. The third-order valence-corrected chi connectivity index (χ3v) is 11.8. The van der Waals surface area contributed by atoms with E-state index in [0.717, 1.165) is 38.6 Å². The maximum Gasteiger partial charge on any atom is 0.0972 e. The molecule has 57 heavy (non-hydrogen) atoms. The SMILES string of the molecule is C=Cc1c(/C=C(\C)c2c3ccccc3c(-c3ccc4ccccc4c3)c3ccccc23)c2ccccc2c2cc(-c3ccc4ccc5cccnc5c4n3)ccc12. The maximum atomic E-state index is 5.19. The van der Waals surface area contributed by atoms with Crippen molar-refractivity contribution >= 4 is 93.4 Å². The van der Waals surface area contributed by atoms with E-state index >= 15 is 0 Å². The Bertz CT molecular complexity index is 3440. The molecule has 0 aliphatic rings. The van der Waals surface area contributed by atoms with Crippen molar-refractivity contribution in [2.75, 3.05) is 0 Å². The number of aromatic nitrogens is 2. The number of hydrogen-bond acceptors (Lipinski definition) is 2. The van der Waals surface area contributed by atoms with Gasteiger partial charge in [0.2, 0.25) is 0 Å². The first-order chi connectivity index (χ1) is 28.1. The molecule has 0 unspecified atom stereocenters. The monoisotopic (exact) mass is 724 g/mol. The van der Waals surface area contributed by atoms with E-state index in [4.69, 9.17) is 9.97 Å². The van der Waals surface area contributed by atoms with Gasteiger partial charge in [0.1, 0.15) is 0 Å². The fourth-order valence-corrected chi connectivity index (χ4v) is 9.16. The van der Waals surface area contributed by atoms with Crippen LogP contribution in [0.3, 0.4) is 0 Å². The molecule has 266 valence electrons. The lowest BCUT2D eigenvalue weighted by Crippen LogP contribution is -1.94. The molecule has 2 nitrogen and oxygen atoms in total. The van der Waals surface area contributed by atoms with Gasteiger partial charge in [-0.15, -0.1) is 0 Å². The lowest BCUT2D eigenvalue weighted by atomic mass is 9.84. The van der Waals surface area contributed by atoms with Crippen LogP contribution in [-0.4, -0.2) is 9.97 Å². The summed E-state index contributed by atoms with van der Waals surface area (Å²) >= 11 is 0. The fraction of sp³-hybridized carbons (Fsp3) is 0.0182. The first-order valence-corrected chi connectivity index (χ1v) is 19.5. The molecule has 0 N–H and O–H groups in total. The van der Waals surface area contributed by atoms with Crippen molar-refractivity contribution < 1.29 is 0 Å². The molecule has 0 spiro atoms. The Morgan fingerprint density at radius 3 is 1.79 bits per heavy atom. The molecule has 0 saturated carbocycles. The number of fused-ring (bicyclic) bond motifs is 9. The summed E-state index contributed by atoms with van der Waals surface area (Å²) in [6, 6.07) is 61.4. The average Bonchev–Trinajstić information content (AvgIpc) is 3.27. The van der Waals surface area contributed by atoms with Crippen molar-refractivity contribution in [3.63, 3.8) is 0 Å². The molecule has 2 aromatic heterocycles.